The Morgan fingerprint density at radius 2 is 2.27 bits per heavy atom. The Kier molecular flexibility index (Phi) is 2.48. The molecule has 0 unspecified atom stereocenters. The molecule has 0 amide bonds. The van der Waals surface area contributed by atoms with Crippen molar-refractivity contribution in [2.24, 2.45) is 0 Å². The van der Waals surface area contributed by atoms with E-state index in [-0.39, 0.29) is 5.43 Å². The van der Waals surface area contributed by atoms with Crippen LogP contribution in [-0.4, -0.2) is 0 Å². The fraction of sp³-hybridized carbons (Fsp3) is 0.0909. The van der Waals surface area contributed by atoms with Crippen molar-refractivity contribution < 1.29 is 4.42 Å². The third-order valence-electron chi connectivity index (χ3n) is 2.05. The van der Waals surface area contributed by atoms with E-state index in [1.54, 1.807) is 12.1 Å². The summed E-state index contributed by atoms with van der Waals surface area (Å²) in [5.74, 6) is 0. The van der Waals surface area contributed by atoms with Crippen molar-refractivity contribution in [2.75, 3.05) is 0 Å². The van der Waals surface area contributed by atoms with Crippen molar-refractivity contribution in [1.82, 2.24) is 0 Å². The lowest BCUT2D eigenvalue weighted by atomic mass is 10.1. The zero-order valence-corrected chi connectivity index (χ0v) is 8.80. The molecule has 1 aromatic heterocycles. The molecule has 4 heteroatoms. The quantitative estimate of drug-likeness (QED) is 0.544. The van der Waals surface area contributed by atoms with Crippen LogP contribution in [0.5, 0.6) is 0 Å². The van der Waals surface area contributed by atoms with E-state index in [4.69, 9.17) is 9.68 Å². The number of benzene rings is 1. The minimum atomic E-state index is -0.147. The van der Waals surface area contributed by atoms with Crippen molar-refractivity contribution >= 4 is 22.7 Å². The molecule has 0 aliphatic carbocycles. The van der Waals surface area contributed by atoms with Crippen molar-refractivity contribution in [1.29, 1.82) is 5.26 Å². The molecule has 1 aromatic carbocycles. The lowest BCUT2D eigenvalue weighted by molar-refractivity contribution is 0.587. The molecular formula is C11H7NO2S. The highest BCUT2D eigenvalue weighted by Gasteiger charge is 2.06. The van der Waals surface area contributed by atoms with Gasteiger partial charge in [0.2, 0.25) is 5.43 Å². The van der Waals surface area contributed by atoms with Crippen LogP contribution in [0, 0.1) is 17.6 Å². The first-order valence-electron chi connectivity index (χ1n) is 4.30. The Hall–Kier alpha value is -1.73. The second-order valence-corrected chi connectivity index (χ2v) is 3.95. The summed E-state index contributed by atoms with van der Waals surface area (Å²) >= 11 is 0.822. The summed E-state index contributed by atoms with van der Waals surface area (Å²) in [6.07, 6.45) is 1.33. The van der Waals surface area contributed by atoms with Crippen molar-refractivity contribution in [3.05, 3.63) is 40.2 Å². The highest BCUT2D eigenvalue weighted by Crippen LogP contribution is 2.18. The van der Waals surface area contributed by atoms with Crippen LogP contribution < -0.4 is 5.43 Å². The van der Waals surface area contributed by atoms with Gasteiger partial charge >= 0.3 is 0 Å². The molecule has 0 spiro atoms. The molecule has 15 heavy (non-hydrogen) atoms. The van der Waals surface area contributed by atoms with Gasteiger partial charge in [-0.25, -0.2) is 0 Å². The molecule has 0 saturated carbocycles. The SMILES string of the molecule is Cc1ccc2occ(SC#N)c(=O)c2c1. The molecule has 0 aliphatic heterocycles. The van der Waals surface area contributed by atoms with E-state index in [1.165, 1.54) is 6.26 Å². The Labute approximate surface area is 90.3 Å². The van der Waals surface area contributed by atoms with Gasteiger partial charge in [-0.3, -0.25) is 4.79 Å². The predicted molar refractivity (Wildman–Crippen MR) is 58.7 cm³/mol. The maximum Gasteiger partial charge on any atom is 0.207 e. The van der Waals surface area contributed by atoms with E-state index >= 15 is 0 Å². The first-order chi connectivity index (χ1) is 7.22. The predicted octanol–water partition coefficient (Wildman–Crippen LogP) is 2.67. The van der Waals surface area contributed by atoms with E-state index < -0.39 is 0 Å². The molecule has 2 rings (SSSR count). The minimum absolute atomic E-state index is 0.147. The number of thiocyanates is 1. The van der Waals surface area contributed by atoms with Gasteiger partial charge in [-0.15, -0.1) is 0 Å². The third kappa shape index (κ3) is 1.74. The van der Waals surface area contributed by atoms with Gasteiger partial charge in [0.05, 0.1) is 5.39 Å². The molecule has 0 N–H and O–H groups in total. The van der Waals surface area contributed by atoms with Gasteiger partial charge in [-0.05, 0) is 30.8 Å². The molecule has 1 heterocycles. The molecule has 0 bridgehead atoms. The van der Waals surface area contributed by atoms with E-state index in [2.05, 4.69) is 0 Å². The van der Waals surface area contributed by atoms with Crippen LogP contribution in [0.3, 0.4) is 0 Å². The minimum Gasteiger partial charge on any atom is -0.463 e. The maximum atomic E-state index is 11.8. The first-order valence-corrected chi connectivity index (χ1v) is 5.12. The average Bonchev–Trinajstić information content (AvgIpc) is 2.23. The van der Waals surface area contributed by atoms with Gasteiger partial charge in [-0.2, -0.15) is 5.26 Å². The second-order valence-electron chi connectivity index (χ2n) is 3.12. The van der Waals surface area contributed by atoms with Crippen LogP contribution in [0.15, 0.2) is 38.6 Å². The summed E-state index contributed by atoms with van der Waals surface area (Å²) in [4.78, 5) is 12.2. The monoisotopic (exact) mass is 217 g/mol. The topological polar surface area (TPSA) is 54.0 Å². The molecule has 3 nitrogen and oxygen atoms in total. The first kappa shape index (κ1) is 9.81. The lowest BCUT2D eigenvalue weighted by Gasteiger charge is -1.99. The number of aryl methyl sites for hydroxylation is 1. The van der Waals surface area contributed by atoms with E-state index in [0.717, 1.165) is 17.3 Å². The molecule has 0 radical (unpaired) electrons. The average molecular weight is 217 g/mol. The summed E-state index contributed by atoms with van der Waals surface area (Å²) in [7, 11) is 0. The Morgan fingerprint density at radius 3 is 3.00 bits per heavy atom. The smallest absolute Gasteiger partial charge is 0.207 e. The largest absolute Gasteiger partial charge is 0.463 e. The number of hydrogen-bond acceptors (Lipinski definition) is 4. The van der Waals surface area contributed by atoms with Crippen LogP contribution >= 0.6 is 11.8 Å². The van der Waals surface area contributed by atoms with Crippen LogP contribution in [0.4, 0.5) is 0 Å². The van der Waals surface area contributed by atoms with Gasteiger partial charge in [0.1, 0.15) is 22.1 Å². The van der Waals surface area contributed by atoms with Crippen LogP contribution in [0.25, 0.3) is 11.0 Å². The van der Waals surface area contributed by atoms with E-state index in [1.807, 2.05) is 18.4 Å². The van der Waals surface area contributed by atoms with E-state index in [9.17, 15) is 4.79 Å². The molecule has 0 atom stereocenters. The summed E-state index contributed by atoms with van der Waals surface area (Å²) in [6, 6.07) is 5.40. The van der Waals surface area contributed by atoms with E-state index in [0.29, 0.717) is 15.9 Å². The highest BCUT2D eigenvalue weighted by molar-refractivity contribution is 8.03. The number of rotatable bonds is 1. The normalized spacial score (nSPS) is 10.1. The summed E-state index contributed by atoms with van der Waals surface area (Å²) < 4.78 is 5.26. The molecule has 2 aromatic rings. The highest BCUT2D eigenvalue weighted by atomic mass is 32.2. The number of nitriles is 1. The van der Waals surface area contributed by atoms with Crippen molar-refractivity contribution in [2.45, 2.75) is 11.8 Å². The summed E-state index contributed by atoms with van der Waals surface area (Å²) in [6.45, 7) is 1.91. The zero-order chi connectivity index (χ0) is 10.8. The summed E-state index contributed by atoms with van der Waals surface area (Å²) in [5, 5.41) is 10.9. The maximum absolute atomic E-state index is 11.8. The Morgan fingerprint density at radius 1 is 1.47 bits per heavy atom. The standard InChI is InChI=1S/C11H7NO2S/c1-7-2-3-9-8(4-7)11(13)10(5-14-9)15-6-12/h2-5H,1H3. The van der Waals surface area contributed by atoms with Crippen LogP contribution in [0.2, 0.25) is 0 Å². The van der Waals surface area contributed by atoms with Gasteiger partial charge in [0.15, 0.2) is 0 Å². The summed E-state index contributed by atoms with van der Waals surface area (Å²) in [5.41, 5.74) is 1.40. The van der Waals surface area contributed by atoms with Crippen molar-refractivity contribution in [3.8, 4) is 5.40 Å². The van der Waals surface area contributed by atoms with Crippen LogP contribution in [0.1, 0.15) is 5.56 Å². The van der Waals surface area contributed by atoms with Gasteiger partial charge in [-0.1, -0.05) is 11.6 Å². The Bertz CT molecular complexity index is 610. The number of nitrogens with zero attached hydrogens (tertiary/aromatic N) is 1. The molecule has 74 valence electrons. The molecule has 0 aliphatic rings. The van der Waals surface area contributed by atoms with Gasteiger partial charge in [0, 0.05) is 0 Å². The zero-order valence-electron chi connectivity index (χ0n) is 7.98. The number of fused-ring (bicyclic) bond motifs is 1. The fourth-order valence-corrected chi connectivity index (χ4v) is 1.74. The lowest BCUT2D eigenvalue weighted by Crippen LogP contribution is -2.03. The second kappa shape index (κ2) is 3.79. The Balaban J connectivity index is 2.78. The number of thioether (sulfide) groups is 1. The molecular weight excluding hydrogens is 210 g/mol. The van der Waals surface area contributed by atoms with Gasteiger partial charge in [0.25, 0.3) is 0 Å². The van der Waals surface area contributed by atoms with Gasteiger partial charge < -0.3 is 4.42 Å². The van der Waals surface area contributed by atoms with Crippen LogP contribution in [-0.2, 0) is 0 Å². The molecule has 0 fully saturated rings. The van der Waals surface area contributed by atoms with Crippen molar-refractivity contribution in [3.63, 3.8) is 0 Å². The molecule has 0 saturated heterocycles. The fourth-order valence-electron chi connectivity index (χ4n) is 1.35. The third-order valence-corrected chi connectivity index (χ3v) is 2.64. The number of hydrogen-bond donors (Lipinski definition) is 0.